The molecule has 0 aromatic heterocycles. The third-order valence-electron chi connectivity index (χ3n) is 4.54. The van der Waals surface area contributed by atoms with Gasteiger partial charge in [0.1, 0.15) is 5.75 Å². The molecule has 29 heavy (non-hydrogen) atoms. The fraction of sp³-hybridized carbons (Fsp3) is 0.211. The fourth-order valence-electron chi connectivity index (χ4n) is 2.94. The highest BCUT2D eigenvalue weighted by atomic mass is 16.6. The maximum absolute atomic E-state index is 12.4. The minimum absolute atomic E-state index is 0.0142. The van der Waals surface area contributed by atoms with Crippen molar-refractivity contribution < 1.29 is 24.4 Å². The van der Waals surface area contributed by atoms with Crippen LogP contribution in [0.3, 0.4) is 0 Å². The second kappa shape index (κ2) is 7.97. The van der Waals surface area contributed by atoms with E-state index in [4.69, 9.17) is 0 Å². The molecule has 0 saturated carbocycles. The number of phenols is 1. The number of carbonyl (C=O) groups is 3. The Morgan fingerprint density at radius 1 is 1.14 bits per heavy atom. The Hall–Kier alpha value is -3.95. The monoisotopic (exact) mass is 398 g/mol. The van der Waals surface area contributed by atoms with Crippen LogP contribution in [0.25, 0.3) is 0 Å². The van der Waals surface area contributed by atoms with E-state index in [0.29, 0.717) is 12.1 Å². The quantitative estimate of drug-likeness (QED) is 0.331. The molecule has 0 fully saturated rings. The molecule has 10 nitrogen and oxygen atoms in total. The van der Waals surface area contributed by atoms with Gasteiger partial charge in [0.25, 0.3) is 17.5 Å². The van der Waals surface area contributed by atoms with Crippen LogP contribution >= 0.6 is 0 Å². The Labute approximate surface area is 165 Å². The minimum Gasteiger partial charge on any atom is -0.508 e. The van der Waals surface area contributed by atoms with E-state index in [1.165, 1.54) is 29.2 Å². The Kier molecular flexibility index (Phi) is 5.44. The van der Waals surface area contributed by atoms with Gasteiger partial charge in [-0.1, -0.05) is 0 Å². The number of hydrogen-bond acceptors (Lipinski definition) is 6. The van der Waals surface area contributed by atoms with Gasteiger partial charge in [0, 0.05) is 38.0 Å². The van der Waals surface area contributed by atoms with Crippen LogP contribution in [0, 0.1) is 10.1 Å². The number of carbonyl (C=O) groups excluding carboxylic acids is 3. The summed E-state index contributed by atoms with van der Waals surface area (Å²) >= 11 is 0. The summed E-state index contributed by atoms with van der Waals surface area (Å²) in [5.74, 6) is -0.998. The zero-order valence-electron chi connectivity index (χ0n) is 15.5. The number of anilines is 1. The first-order valence-corrected chi connectivity index (χ1v) is 8.75. The largest absolute Gasteiger partial charge is 0.508 e. The molecule has 0 unspecified atom stereocenters. The maximum Gasteiger partial charge on any atom is 0.321 e. The molecule has 0 atom stereocenters. The highest BCUT2D eigenvalue weighted by molar-refractivity contribution is 6.21. The van der Waals surface area contributed by atoms with Crippen LogP contribution in [0.15, 0.2) is 42.5 Å². The van der Waals surface area contributed by atoms with Crippen LogP contribution in [0.5, 0.6) is 5.75 Å². The third kappa shape index (κ3) is 4.00. The molecule has 1 aliphatic rings. The highest BCUT2D eigenvalue weighted by Gasteiger charge is 2.36. The third-order valence-corrected chi connectivity index (χ3v) is 4.54. The summed E-state index contributed by atoms with van der Waals surface area (Å²) in [6, 6.07) is 9.30. The number of amides is 4. The molecule has 10 heteroatoms. The van der Waals surface area contributed by atoms with E-state index in [1.807, 2.05) is 0 Å². The lowest BCUT2D eigenvalue weighted by Gasteiger charge is -2.19. The normalized spacial score (nSPS) is 12.7. The molecule has 2 N–H and O–H groups in total. The van der Waals surface area contributed by atoms with Crippen LogP contribution in [-0.4, -0.2) is 52.9 Å². The van der Waals surface area contributed by atoms with Gasteiger partial charge in [0.05, 0.1) is 16.1 Å². The predicted molar refractivity (Wildman–Crippen MR) is 103 cm³/mol. The Morgan fingerprint density at radius 3 is 2.45 bits per heavy atom. The number of phenolic OH excluding ortho intramolecular Hbond substituents is 1. The average molecular weight is 398 g/mol. The van der Waals surface area contributed by atoms with E-state index < -0.39 is 16.7 Å². The summed E-state index contributed by atoms with van der Waals surface area (Å²) in [6.07, 6.45) is 0.322. The van der Waals surface area contributed by atoms with Gasteiger partial charge in [-0.2, -0.15) is 0 Å². The molecule has 3 rings (SSSR count). The van der Waals surface area contributed by atoms with Crippen molar-refractivity contribution >= 4 is 29.2 Å². The minimum atomic E-state index is -0.624. The molecule has 0 aliphatic carbocycles. The number of benzene rings is 2. The second-order valence-electron chi connectivity index (χ2n) is 6.41. The summed E-state index contributed by atoms with van der Waals surface area (Å²) < 4.78 is 0. The van der Waals surface area contributed by atoms with Gasteiger partial charge in [0.15, 0.2) is 0 Å². The molecular formula is C19H18N4O6. The van der Waals surface area contributed by atoms with Crippen molar-refractivity contribution in [1.82, 2.24) is 10.2 Å². The molecule has 2 aromatic rings. The second-order valence-corrected chi connectivity index (χ2v) is 6.41. The Balaban J connectivity index is 1.53. The summed E-state index contributed by atoms with van der Waals surface area (Å²) in [7, 11) is 1.57. The van der Waals surface area contributed by atoms with Gasteiger partial charge in [-0.3, -0.25) is 29.5 Å². The lowest BCUT2D eigenvalue weighted by atomic mass is 10.1. The number of nitro benzene ring substituents is 1. The number of aromatic hydroxyl groups is 1. The molecule has 0 radical (unpaired) electrons. The summed E-state index contributed by atoms with van der Waals surface area (Å²) in [5, 5.41) is 22.8. The average Bonchev–Trinajstić information content (AvgIpc) is 2.95. The molecule has 4 amide bonds. The van der Waals surface area contributed by atoms with Gasteiger partial charge in [-0.15, -0.1) is 0 Å². The van der Waals surface area contributed by atoms with E-state index in [1.54, 1.807) is 19.2 Å². The van der Waals surface area contributed by atoms with E-state index in [-0.39, 0.29) is 41.7 Å². The number of rotatable bonds is 6. The molecule has 1 aliphatic heterocycles. The molecule has 0 saturated heterocycles. The van der Waals surface area contributed by atoms with E-state index >= 15 is 0 Å². The van der Waals surface area contributed by atoms with Crippen molar-refractivity contribution in [3.8, 4) is 5.75 Å². The van der Waals surface area contributed by atoms with Crippen molar-refractivity contribution in [3.63, 3.8) is 0 Å². The van der Waals surface area contributed by atoms with E-state index in [0.717, 1.165) is 11.0 Å². The fourth-order valence-corrected chi connectivity index (χ4v) is 2.94. The summed E-state index contributed by atoms with van der Waals surface area (Å²) in [5.41, 5.74) is 0.482. The standard InChI is InChI=1S/C19H18N4O6/c1-21(12-3-6-14(24)7-4-12)19(27)20-9-2-10-22-17(25)15-8-5-13(23(28)29)11-16(15)18(22)26/h3-8,11,24H,2,9-10H2,1H3,(H,20,27). The van der Waals surface area contributed by atoms with Gasteiger partial charge in [-0.05, 0) is 36.8 Å². The SMILES string of the molecule is CN(C(=O)NCCCN1C(=O)c2ccc([N+](=O)[O-])cc2C1=O)c1ccc(O)cc1. The topological polar surface area (TPSA) is 133 Å². The van der Waals surface area contributed by atoms with Crippen molar-refractivity contribution in [1.29, 1.82) is 0 Å². The van der Waals surface area contributed by atoms with Crippen molar-refractivity contribution in [3.05, 3.63) is 63.7 Å². The van der Waals surface area contributed by atoms with Crippen LogP contribution in [0.4, 0.5) is 16.2 Å². The molecule has 0 bridgehead atoms. The molecular weight excluding hydrogens is 380 g/mol. The zero-order chi connectivity index (χ0) is 21.1. The number of nitrogens with zero attached hydrogens (tertiary/aromatic N) is 3. The van der Waals surface area contributed by atoms with E-state index in [2.05, 4.69) is 5.32 Å². The van der Waals surface area contributed by atoms with Crippen LogP contribution in [0.2, 0.25) is 0 Å². The molecule has 2 aromatic carbocycles. The smallest absolute Gasteiger partial charge is 0.321 e. The predicted octanol–water partition coefficient (Wildman–Crippen LogP) is 2.13. The number of nitrogens with one attached hydrogen (secondary N) is 1. The Morgan fingerprint density at radius 2 is 1.79 bits per heavy atom. The van der Waals surface area contributed by atoms with Crippen molar-refractivity contribution in [2.45, 2.75) is 6.42 Å². The molecule has 0 spiro atoms. The zero-order valence-corrected chi connectivity index (χ0v) is 15.5. The summed E-state index contributed by atoms with van der Waals surface area (Å²) in [6.45, 7) is 0.290. The maximum atomic E-state index is 12.4. The number of urea groups is 1. The van der Waals surface area contributed by atoms with Crippen molar-refractivity contribution in [2.24, 2.45) is 0 Å². The van der Waals surface area contributed by atoms with Crippen molar-refractivity contribution in [2.75, 3.05) is 25.0 Å². The number of nitro groups is 1. The Bertz CT molecular complexity index is 989. The first-order chi connectivity index (χ1) is 13.8. The molecule has 150 valence electrons. The van der Waals surface area contributed by atoms with Gasteiger partial charge in [-0.25, -0.2) is 4.79 Å². The van der Waals surface area contributed by atoms with Gasteiger partial charge >= 0.3 is 6.03 Å². The number of imide groups is 1. The van der Waals surface area contributed by atoms with Crippen LogP contribution in [-0.2, 0) is 0 Å². The number of non-ortho nitro benzene ring substituents is 1. The lowest BCUT2D eigenvalue weighted by Crippen LogP contribution is -2.39. The summed E-state index contributed by atoms with van der Waals surface area (Å²) in [4.78, 5) is 49.5. The lowest BCUT2D eigenvalue weighted by molar-refractivity contribution is -0.384. The van der Waals surface area contributed by atoms with E-state index in [9.17, 15) is 29.6 Å². The first-order valence-electron chi connectivity index (χ1n) is 8.75. The van der Waals surface area contributed by atoms with Crippen LogP contribution in [0.1, 0.15) is 27.1 Å². The number of hydrogen-bond donors (Lipinski definition) is 2. The highest BCUT2D eigenvalue weighted by Crippen LogP contribution is 2.26. The number of fused-ring (bicyclic) bond motifs is 1. The van der Waals surface area contributed by atoms with Gasteiger partial charge < -0.3 is 10.4 Å². The van der Waals surface area contributed by atoms with Gasteiger partial charge in [0.2, 0.25) is 0 Å². The first kappa shape index (κ1) is 19.8. The molecule has 1 heterocycles. The van der Waals surface area contributed by atoms with Crippen LogP contribution < -0.4 is 10.2 Å².